The monoisotopic (exact) mass is 449 g/mol. The fraction of sp³-hybridized carbons (Fsp3) is 0.471. The molecule has 0 spiro atoms. The minimum absolute atomic E-state index is 0. The highest BCUT2D eigenvalue weighted by molar-refractivity contribution is 14.0. The maximum atomic E-state index is 5.89. The molecule has 0 aliphatic carbocycles. The van der Waals surface area contributed by atoms with Crippen molar-refractivity contribution < 1.29 is 4.74 Å². The van der Waals surface area contributed by atoms with Crippen molar-refractivity contribution in [3.63, 3.8) is 0 Å². The number of guanidine groups is 1. The zero-order chi connectivity index (χ0) is 15.6. The van der Waals surface area contributed by atoms with Gasteiger partial charge in [0.05, 0.1) is 19.8 Å². The maximum absolute atomic E-state index is 5.89. The number of rotatable bonds is 6. The van der Waals surface area contributed by atoms with Gasteiger partial charge in [0, 0.05) is 18.1 Å². The Bertz CT molecular complexity index is 517. The fourth-order valence-corrected chi connectivity index (χ4v) is 2.36. The minimum atomic E-state index is 0. The third-order valence-electron chi connectivity index (χ3n) is 3.47. The van der Waals surface area contributed by atoms with E-state index in [4.69, 9.17) is 16.3 Å². The Labute approximate surface area is 160 Å². The Hall–Kier alpha value is -0.790. The predicted molar refractivity (Wildman–Crippen MR) is 108 cm³/mol. The lowest BCUT2D eigenvalue weighted by Crippen LogP contribution is -2.38. The van der Waals surface area contributed by atoms with Crippen LogP contribution in [0.15, 0.2) is 40.9 Å². The second kappa shape index (κ2) is 11.7. The van der Waals surface area contributed by atoms with Gasteiger partial charge in [0.2, 0.25) is 0 Å². The molecule has 1 heterocycles. The van der Waals surface area contributed by atoms with Crippen molar-refractivity contribution in [3.8, 4) is 0 Å². The lowest BCUT2D eigenvalue weighted by atomic mass is 10.1. The normalized spacial score (nSPS) is 14.7. The number of aliphatic imine (C=N–C) groups is 1. The van der Waals surface area contributed by atoms with Crippen LogP contribution in [0.1, 0.15) is 25.3 Å². The van der Waals surface area contributed by atoms with Gasteiger partial charge in [-0.2, -0.15) is 0 Å². The molecule has 0 radical (unpaired) electrons. The zero-order valence-electron chi connectivity index (χ0n) is 13.5. The van der Waals surface area contributed by atoms with E-state index in [0.29, 0.717) is 6.54 Å². The van der Waals surface area contributed by atoms with Crippen molar-refractivity contribution in [3.05, 3.63) is 46.5 Å². The van der Waals surface area contributed by atoms with E-state index in [-0.39, 0.29) is 24.0 Å². The van der Waals surface area contributed by atoms with Crippen LogP contribution in [0.4, 0.5) is 0 Å². The number of hydrogen-bond acceptors (Lipinski definition) is 2. The van der Waals surface area contributed by atoms with Crippen LogP contribution in [-0.4, -0.2) is 32.3 Å². The second-order valence-electron chi connectivity index (χ2n) is 5.19. The third-order valence-corrected chi connectivity index (χ3v) is 3.73. The van der Waals surface area contributed by atoms with Crippen LogP contribution in [0.2, 0.25) is 5.02 Å². The number of benzene rings is 1. The summed E-state index contributed by atoms with van der Waals surface area (Å²) in [4.78, 5) is 4.60. The Morgan fingerprint density at radius 2 is 2.04 bits per heavy atom. The van der Waals surface area contributed by atoms with E-state index in [2.05, 4.69) is 28.6 Å². The molecule has 1 aromatic rings. The molecule has 0 aromatic heterocycles. The van der Waals surface area contributed by atoms with Crippen LogP contribution < -0.4 is 10.6 Å². The van der Waals surface area contributed by atoms with Crippen molar-refractivity contribution in [2.75, 3.05) is 26.3 Å². The topological polar surface area (TPSA) is 45.7 Å². The van der Waals surface area contributed by atoms with Gasteiger partial charge in [0.25, 0.3) is 0 Å². The molecule has 128 valence electrons. The van der Waals surface area contributed by atoms with Crippen molar-refractivity contribution in [1.82, 2.24) is 10.6 Å². The van der Waals surface area contributed by atoms with Crippen molar-refractivity contribution >= 4 is 41.5 Å². The lowest BCUT2D eigenvalue weighted by Gasteiger charge is -2.15. The standard InChI is InChI=1S/C17H24ClN3O.HI/c1-2-19-17(20-10-7-14-8-11-22-12-9-14)21-13-15-3-5-16(18)6-4-15;/h3-6,8H,2,7,9-13H2,1H3,(H2,19,20,21);1H. The van der Waals surface area contributed by atoms with E-state index in [1.807, 2.05) is 24.3 Å². The van der Waals surface area contributed by atoms with Crippen LogP contribution in [0.25, 0.3) is 0 Å². The highest BCUT2D eigenvalue weighted by Gasteiger charge is 2.04. The molecule has 6 heteroatoms. The highest BCUT2D eigenvalue weighted by Crippen LogP contribution is 2.11. The summed E-state index contributed by atoms with van der Waals surface area (Å²) < 4.78 is 5.32. The number of halogens is 2. The number of hydrogen-bond donors (Lipinski definition) is 2. The molecule has 2 rings (SSSR count). The SMILES string of the molecule is CCNC(=NCc1ccc(Cl)cc1)NCCC1=CCOCC1.I. The molecular weight excluding hydrogens is 425 g/mol. The number of nitrogens with zero attached hydrogens (tertiary/aromatic N) is 1. The number of nitrogens with one attached hydrogen (secondary N) is 2. The van der Waals surface area contributed by atoms with Crippen molar-refractivity contribution in [2.24, 2.45) is 4.99 Å². The van der Waals surface area contributed by atoms with Gasteiger partial charge in [-0.1, -0.05) is 35.4 Å². The summed E-state index contributed by atoms with van der Waals surface area (Å²) in [5.74, 6) is 0.852. The summed E-state index contributed by atoms with van der Waals surface area (Å²) in [5, 5.41) is 7.40. The van der Waals surface area contributed by atoms with Crippen LogP contribution in [0, 0.1) is 0 Å². The first-order valence-electron chi connectivity index (χ1n) is 7.80. The predicted octanol–water partition coefficient (Wildman–Crippen LogP) is 3.75. The van der Waals surface area contributed by atoms with Gasteiger partial charge >= 0.3 is 0 Å². The first-order chi connectivity index (χ1) is 10.8. The minimum Gasteiger partial charge on any atom is -0.377 e. The molecule has 1 aliphatic heterocycles. The lowest BCUT2D eigenvalue weighted by molar-refractivity contribution is 0.153. The molecule has 0 fully saturated rings. The quantitative estimate of drug-likeness (QED) is 0.301. The third kappa shape index (κ3) is 8.04. The van der Waals surface area contributed by atoms with Crippen LogP contribution in [0.3, 0.4) is 0 Å². The summed E-state index contributed by atoms with van der Waals surface area (Å²) in [7, 11) is 0. The second-order valence-corrected chi connectivity index (χ2v) is 5.62. The summed E-state index contributed by atoms with van der Waals surface area (Å²) >= 11 is 5.89. The van der Waals surface area contributed by atoms with Crippen LogP contribution >= 0.6 is 35.6 Å². The first-order valence-corrected chi connectivity index (χ1v) is 8.18. The van der Waals surface area contributed by atoms with E-state index >= 15 is 0 Å². The summed E-state index contributed by atoms with van der Waals surface area (Å²) in [6.45, 7) is 6.04. The van der Waals surface area contributed by atoms with Crippen molar-refractivity contribution in [1.29, 1.82) is 0 Å². The zero-order valence-corrected chi connectivity index (χ0v) is 16.6. The van der Waals surface area contributed by atoms with Crippen LogP contribution in [-0.2, 0) is 11.3 Å². The van der Waals surface area contributed by atoms with E-state index in [1.165, 1.54) is 5.57 Å². The molecular formula is C17H25ClIN3O. The summed E-state index contributed by atoms with van der Waals surface area (Å²) in [6.07, 6.45) is 4.26. The molecule has 4 nitrogen and oxygen atoms in total. The van der Waals surface area contributed by atoms with E-state index < -0.39 is 0 Å². The number of ether oxygens (including phenoxy) is 1. The van der Waals surface area contributed by atoms with Gasteiger partial charge in [0.1, 0.15) is 0 Å². The molecule has 0 atom stereocenters. The summed E-state index contributed by atoms with van der Waals surface area (Å²) in [6, 6.07) is 7.79. The van der Waals surface area contributed by atoms with Crippen molar-refractivity contribution in [2.45, 2.75) is 26.3 Å². The van der Waals surface area contributed by atoms with E-state index in [9.17, 15) is 0 Å². The molecule has 2 N–H and O–H groups in total. The maximum Gasteiger partial charge on any atom is 0.191 e. The Kier molecular flexibility index (Phi) is 10.3. The van der Waals surface area contributed by atoms with Gasteiger partial charge in [0.15, 0.2) is 5.96 Å². The molecule has 0 unspecified atom stereocenters. The van der Waals surface area contributed by atoms with Gasteiger partial charge in [-0.05, 0) is 37.5 Å². The fourth-order valence-electron chi connectivity index (χ4n) is 2.24. The molecule has 23 heavy (non-hydrogen) atoms. The van der Waals surface area contributed by atoms with E-state index in [1.54, 1.807) is 0 Å². The first kappa shape index (κ1) is 20.3. The van der Waals surface area contributed by atoms with Crippen LogP contribution in [0.5, 0.6) is 0 Å². The average Bonchev–Trinajstić information content (AvgIpc) is 2.55. The molecule has 0 saturated carbocycles. The average molecular weight is 450 g/mol. The molecule has 1 aromatic carbocycles. The smallest absolute Gasteiger partial charge is 0.191 e. The van der Waals surface area contributed by atoms with Gasteiger partial charge in [-0.25, -0.2) is 4.99 Å². The van der Waals surface area contributed by atoms with Gasteiger partial charge < -0.3 is 15.4 Å². The Morgan fingerprint density at radius 1 is 1.26 bits per heavy atom. The molecule has 1 aliphatic rings. The highest BCUT2D eigenvalue weighted by atomic mass is 127. The molecule has 0 saturated heterocycles. The largest absolute Gasteiger partial charge is 0.377 e. The summed E-state index contributed by atoms with van der Waals surface area (Å²) in [5.41, 5.74) is 2.61. The Morgan fingerprint density at radius 3 is 2.70 bits per heavy atom. The van der Waals surface area contributed by atoms with Gasteiger partial charge in [-0.15, -0.1) is 24.0 Å². The Balaban J connectivity index is 0.00000264. The molecule has 0 bridgehead atoms. The van der Waals surface area contributed by atoms with E-state index in [0.717, 1.165) is 55.7 Å². The van der Waals surface area contributed by atoms with Gasteiger partial charge in [-0.3, -0.25) is 0 Å². The molecule has 0 amide bonds.